The fourth-order valence-corrected chi connectivity index (χ4v) is 2.22. The number of rotatable bonds is 5. The molecule has 0 spiro atoms. The number of aromatic nitrogens is 1. The second-order valence-corrected chi connectivity index (χ2v) is 7.33. The highest BCUT2D eigenvalue weighted by molar-refractivity contribution is 5.82. The summed E-state index contributed by atoms with van der Waals surface area (Å²) in [5, 5.41) is 0. The second kappa shape index (κ2) is 6.67. The average Bonchev–Trinajstić information content (AvgIpc) is 3.01. The van der Waals surface area contributed by atoms with Crippen LogP contribution in [0.2, 0.25) is 0 Å². The van der Waals surface area contributed by atoms with Crippen LogP contribution < -0.4 is 4.74 Å². The van der Waals surface area contributed by atoms with Crippen molar-refractivity contribution in [2.24, 2.45) is 0 Å². The average molecular weight is 331 g/mol. The monoisotopic (exact) mass is 331 g/mol. The predicted molar refractivity (Wildman–Crippen MR) is 91.0 cm³/mol. The summed E-state index contributed by atoms with van der Waals surface area (Å²) in [5.74, 6) is 1.07. The lowest BCUT2D eigenvalue weighted by atomic mass is 9.85. The molecule has 5 nitrogen and oxygen atoms in total. The SMILES string of the molecule is COC(=O)C(C)(C)c1cccc(OCc2coc(C(C)(C)C)n2)c1. The van der Waals surface area contributed by atoms with Crippen LogP contribution in [0.5, 0.6) is 5.75 Å². The Bertz CT molecular complexity index is 710. The highest BCUT2D eigenvalue weighted by Crippen LogP contribution is 2.28. The van der Waals surface area contributed by atoms with Crippen LogP contribution >= 0.6 is 0 Å². The van der Waals surface area contributed by atoms with Crippen LogP contribution in [0.3, 0.4) is 0 Å². The maximum atomic E-state index is 11.9. The molecule has 0 aliphatic rings. The molecular weight excluding hydrogens is 306 g/mol. The van der Waals surface area contributed by atoms with E-state index in [9.17, 15) is 4.79 Å². The predicted octanol–water partition coefficient (Wildman–Crippen LogP) is 4.00. The molecule has 0 atom stereocenters. The molecule has 1 heterocycles. The first-order valence-electron chi connectivity index (χ1n) is 7.91. The summed E-state index contributed by atoms with van der Waals surface area (Å²) in [4.78, 5) is 16.4. The van der Waals surface area contributed by atoms with Crippen molar-refractivity contribution in [2.45, 2.75) is 52.1 Å². The van der Waals surface area contributed by atoms with Gasteiger partial charge >= 0.3 is 5.97 Å². The van der Waals surface area contributed by atoms with Gasteiger partial charge in [0.25, 0.3) is 0 Å². The Morgan fingerprint density at radius 3 is 2.50 bits per heavy atom. The Kier molecular flexibility index (Phi) is 5.02. The summed E-state index contributed by atoms with van der Waals surface area (Å²) in [6.45, 7) is 10.1. The van der Waals surface area contributed by atoms with Gasteiger partial charge in [-0.25, -0.2) is 4.98 Å². The quantitative estimate of drug-likeness (QED) is 0.775. The molecule has 0 saturated carbocycles. The molecule has 1 aromatic carbocycles. The molecule has 130 valence electrons. The van der Waals surface area contributed by atoms with Crippen LogP contribution in [0.1, 0.15) is 51.8 Å². The molecule has 2 rings (SSSR count). The lowest BCUT2D eigenvalue weighted by Crippen LogP contribution is -2.30. The first-order valence-corrected chi connectivity index (χ1v) is 7.91. The number of benzene rings is 1. The van der Waals surface area contributed by atoms with Crippen molar-refractivity contribution in [1.82, 2.24) is 4.98 Å². The molecule has 0 saturated heterocycles. The molecule has 0 unspecified atom stereocenters. The van der Waals surface area contributed by atoms with Crippen LogP contribution in [-0.2, 0) is 27.0 Å². The van der Waals surface area contributed by atoms with Gasteiger partial charge in [0.15, 0.2) is 5.89 Å². The minimum Gasteiger partial charge on any atom is -0.487 e. The maximum absolute atomic E-state index is 11.9. The Balaban J connectivity index is 2.10. The molecule has 0 bridgehead atoms. The number of hydrogen-bond acceptors (Lipinski definition) is 5. The van der Waals surface area contributed by atoms with Gasteiger partial charge in [0.2, 0.25) is 0 Å². The van der Waals surface area contributed by atoms with Gasteiger partial charge in [-0.3, -0.25) is 4.79 Å². The molecule has 5 heteroatoms. The molecule has 0 N–H and O–H groups in total. The Labute approximate surface area is 143 Å². The Morgan fingerprint density at radius 1 is 1.21 bits per heavy atom. The summed E-state index contributed by atoms with van der Waals surface area (Å²) in [6.07, 6.45) is 1.61. The molecule has 0 aliphatic heterocycles. The van der Waals surface area contributed by atoms with Crippen molar-refractivity contribution >= 4 is 5.97 Å². The molecule has 1 aromatic heterocycles. The smallest absolute Gasteiger partial charge is 0.315 e. The van der Waals surface area contributed by atoms with Gasteiger partial charge in [-0.1, -0.05) is 32.9 Å². The van der Waals surface area contributed by atoms with Crippen LogP contribution in [0.25, 0.3) is 0 Å². The first-order chi connectivity index (χ1) is 11.1. The minimum absolute atomic E-state index is 0.136. The number of methoxy groups -OCH3 is 1. The fraction of sp³-hybridized carbons (Fsp3) is 0.474. The number of ether oxygens (including phenoxy) is 2. The summed E-state index contributed by atoms with van der Waals surface area (Å²) in [6, 6.07) is 7.44. The molecule has 0 fully saturated rings. The Morgan fingerprint density at radius 2 is 1.92 bits per heavy atom. The normalized spacial score (nSPS) is 12.1. The summed E-state index contributed by atoms with van der Waals surface area (Å²) in [7, 11) is 1.39. The summed E-state index contributed by atoms with van der Waals surface area (Å²) >= 11 is 0. The van der Waals surface area contributed by atoms with E-state index in [4.69, 9.17) is 13.9 Å². The summed E-state index contributed by atoms with van der Waals surface area (Å²) < 4.78 is 16.2. The van der Waals surface area contributed by atoms with E-state index in [-0.39, 0.29) is 11.4 Å². The van der Waals surface area contributed by atoms with E-state index in [1.165, 1.54) is 7.11 Å². The molecule has 0 radical (unpaired) electrons. The van der Waals surface area contributed by atoms with E-state index in [1.54, 1.807) is 6.26 Å². The second-order valence-electron chi connectivity index (χ2n) is 7.33. The topological polar surface area (TPSA) is 61.6 Å². The van der Waals surface area contributed by atoms with E-state index in [1.807, 2.05) is 58.9 Å². The van der Waals surface area contributed by atoms with Crippen LogP contribution in [-0.4, -0.2) is 18.1 Å². The van der Waals surface area contributed by atoms with Gasteiger partial charge in [0.05, 0.1) is 12.5 Å². The van der Waals surface area contributed by atoms with Crippen molar-refractivity contribution in [3.8, 4) is 5.75 Å². The number of oxazole rings is 1. The highest BCUT2D eigenvalue weighted by Gasteiger charge is 2.31. The third-order valence-electron chi connectivity index (χ3n) is 3.83. The van der Waals surface area contributed by atoms with Crippen molar-refractivity contribution in [2.75, 3.05) is 7.11 Å². The van der Waals surface area contributed by atoms with Crippen molar-refractivity contribution in [1.29, 1.82) is 0 Å². The van der Waals surface area contributed by atoms with E-state index in [0.29, 0.717) is 18.2 Å². The molecule has 2 aromatic rings. The number of esters is 1. The van der Waals surface area contributed by atoms with Crippen LogP contribution in [0.4, 0.5) is 0 Å². The standard InChI is InChI=1S/C19H25NO4/c1-18(2,3)16-20-14(12-24-16)11-23-15-9-7-8-13(10-15)19(4,5)17(21)22-6/h7-10,12H,11H2,1-6H3. The number of hydrogen-bond donors (Lipinski definition) is 0. The maximum Gasteiger partial charge on any atom is 0.315 e. The highest BCUT2D eigenvalue weighted by atomic mass is 16.5. The Hall–Kier alpha value is -2.30. The van der Waals surface area contributed by atoms with E-state index < -0.39 is 5.41 Å². The minimum atomic E-state index is -0.735. The van der Waals surface area contributed by atoms with E-state index >= 15 is 0 Å². The molecule has 0 amide bonds. The van der Waals surface area contributed by atoms with Gasteiger partial charge < -0.3 is 13.9 Å². The lowest BCUT2D eigenvalue weighted by molar-refractivity contribution is -0.146. The van der Waals surface area contributed by atoms with Crippen LogP contribution in [0.15, 0.2) is 34.9 Å². The van der Waals surface area contributed by atoms with Crippen LogP contribution in [0, 0.1) is 0 Å². The van der Waals surface area contributed by atoms with Crippen molar-refractivity contribution in [3.63, 3.8) is 0 Å². The lowest BCUT2D eigenvalue weighted by Gasteiger charge is -2.22. The van der Waals surface area contributed by atoms with Gasteiger partial charge in [0.1, 0.15) is 24.3 Å². The molecule has 24 heavy (non-hydrogen) atoms. The van der Waals surface area contributed by atoms with Gasteiger partial charge in [-0.15, -0.1) is 0 Å². The number of carbonyl (C=O) groups is 1. The summed E-state index contributed by atoms with van der Waals surface area (Å²) in [5.41, 5.74) is 0.698. The van der Waals surface area contributed by atoms with E-state index in [2.05, 4.69) is 4.98 Å². The number of nitrogens with zero attached hydrogens (tertiary/aromatic N) is 1. The van der Waals surface area contributed by atoms with Gasteiger partial charge in [0, 0.05) is 5.41 Å². The van der Waals surface area contributed by atoms with Gasteiger partial charge in [-0.2, -0.15) is 0 Å². The first kappa shape index (κ1) is 18.0. The largest absolute Gasteiger partial charge is 0.487 e. The zero-order chi connectivity index (χ0) is 18.0. The molecular formula is C19H25NO4. The zero-order valence-corrected chi connectivity index (χ0v) is 15.2. The van der Waals surface area contributed by atoms with Crippen molar-refractivity contribution < 1.29 is 18.7 Å². The third-order valence-corrected chi connectivity index (χ3v) is 3.83. The number of carbonyl (C=O) groups excluding carboxylic acids is 1. The van der Waals surface area contributed by atoms with E-state index in [0.717, 1.165) is 11.3 Å². The fourth-order valence-electron chi connectivity index (χ4n) is 2.22. The molecule has 0 aliphatic carbocycles. The van der Waals surface area contributed by atoms with Crippen molar-refractivity contribution in [3.05, 3.63) is 47.7 Å². The van der Waals surface area contributed by atoms with Gasteiger partial charge in [-0.05, 0) is 31.5 Å². The zero-order valence-electron chi connectivity index (χ0n) is 15.2. The third kappa shape index (κ3) is 3.96.